The molecule has 2 heterocycles. The zero-order chi connectivity index (χ0) is 14.5. The highest BCUT2D eigenvalue weighted by atomic mass is 32.2. The monoisotopic (exact) mass is 291 g/mol. The number of hydrogen-bond acceptors (Lipinski definition) is 6. The Morgan fingerprint density at radius 2 is 2.30 bits per heavy atom. The average Bonchev–Trinajstić information content (AvgIpc) is 2.38. The van der Waals surface area contributed by atoms with E-state index in [1.54, 1.807) is 6.20 Å². The number of aromatic amines is 1. The fourth-order valence-electron chi connectivity index (χ4n) is 1.73. The van der Waals surface area contributed by atoms with Crippen LogP contribution in [0.1, 0.15) is 25.6 Å². The van der Waals surface area contributed by atoms with E-state index >= 15 is 0 Å². The van der Waals surface area contributed by atoms with Gasteiger partial charge in [-0.05, 0) is 25.6 Å². The third-order valence-electron chi connectivity index (χ3n) is 2.67. The van der Waals surface area contributed by atoms with Crippen molar-refractivity contribution >= 4 is 17.6 Å². The predicted octanol–water partition coefficient (Wildman–Crippen LogP) is 1.57. The van der Waals surface area contributed by atoms with Gasteiger partial charge in [0.1, 0.15) is 5.82 Å². The molecule has 20 heavy (non-hydrogen) atoms. The number of pyridine rings is 1. The van der Waals surface area contributed by atoms with Gasteiger partial charge in [0.05, 0.1) is 5.69 Å². The Morgan fingerprint density at radius 1 is 1.50 bits per heavy atom. The van der Waals surface area contributed by atoms with Gasteiger partial charge in [0.25, 0.3) is 5.56 Å². The maximum Gasteiger partial charge on any atom is 0.253 e. The van der Waals surface area contributed by atoms with Crippen LogP contribution in [-0.4, -0.2) is 21.5 Å². The van der Waals surface area contributed by atoms with Crippen LogP contribution in [0.2, 0.25) is 0 Å². The van der Waals surface area contributed by atoms with Crippen LogP contribution < -0.4 is 16.6 Å². The number of nitrogen functional groups attached to an aromatic ring is 1. The topological polar surface area (TPSA) is 96.7 Å². The highest BCUT2D eigenvalue weighted by Crippen LogP contribution is 2.24. The number of anilines is 1. The Balaban J connectivity index is 2.12. The molecule has 0 aliphatic rings. The first-order chi connectivity index (χ1) is 9.58. The van der Waals surface area contributed by atoms with E-state index in [2.05, 4.69) is 34.1 Å². The van der Waals surface area contributed by atoms with E-state index in [0.717, 1.165) is 17.1 Å². The molecule has 0 saturated carbocycles. The summed E-state index contributed by atoms with van der Waals surface area (Å²) in [5, 5.41) is 3.76. The number of aromatic nitrogens is 3. The third kappa shape index (κ3) is 3.82. The van der Waals surface area contributed by atoms with E-state index in [1.165, 1.54) is 17.8 Å². The number of H-pyrrole nitrogens is 1. The van der Waals surface area contributed by atoms with E-state index in [4.69, 9.17) is 5.73 Å². The first kappa shape index (κ1) is 14.5. The van der Waals surface area contributed by atoms with Crippen LogP contribution in [0.3, 0.4) is 0 Å². The molecule has 4 N–H and O–H groups in total. The van der Waals surface area contributed by atoms with Crippen molar-refractivity contribution in [2.75, 3.05) is 12.3 Å². The molecule has 0 bridgehead atoms. The van der Waals surface area contributed by atoms with Gasteiger partial charge in [-0.1, -0.05) is 18.7 Å². The van der Waals surface area contributed by atoms with E-state index in [1.807, 2.05) is 12.1 Å². The lowest BCUT2D eigenvalue weighted by Crippen LogP contribution is -2.18. The summed E-state index contributed by atoms with van der Waals surface area (Å²) < 4.78 is 0. The smallest absolute Gasteiger partial charge is 0.253 e. The van der Waals surface area contributed by atoms with Gasteiger partial charge in [0.2, 0.25) is 0 Å². The van der Waals surface area contributed by atoms with Crippen molar-refractivity contribution in [3.63, 3.8) is 0 Å². The number of nitrogens with zero attached hydrogens (tertiary/aromatic N) is 2. The number of nitrogens with one attached hydrogen (secondary N) is 2. The molecule has 106 valence electrons. The van der Waals surface area contributed by atoms with Gasteiger partial charge in [-0.15, -0.1) is 0 Å². The molecule has 0 fully saturated rings. The van der Waals surface area contributed by atoms with Crippen molar-refractivity contribution < 1.29 is 0 Å². The molecule has 1 unspecified atom stereocenters. The SMILES string of the molecule is CCNC(C)c1ccc(Sc2nc(N)cc(=O)[nH]2)cn1. The molecule has 0 spiro atoms. The van der Waals surface area contributed by atoms with Crippen LogP contribution in [0.25, 0.3) is 0 Å². The van der Waals surface area contributed by atoms with Crippen LogP contribution >= 0.6 is 11.8 Å². The van der Waals surface area contributed by atoms with Crippen LogP contribution in [0.15, 0.2) is 39.2 Å². The van der Waals surface area contributed by atoms with Crippen LogP contribution in [0.5, 0.6) is 0 Å². The highest BCUT2D eigenvalue weighted by molar-refractivity contribution is 7.99. The van der Waals surface area contributed by atoms with Crippen molar-refractivity contribution in [1.82, 2.24) is 20.3 Å². The molecule has 2 aromatic heterocycles. The lowest BCUT2D eigenvalue weighted by atomic mass is 10.2. The van der Waals surface area contributed by atoms with Crippen molar-refractivity contribution in [3.8, 4) is 0 Å². The lowest BCUT2D eigenvalue weighted by molar-refractivity contribution is 0.582. The first-order valence-corrected chi connectivity index (χ1v) is 7.14. The van der Waals surface area contributed by atoms with Gasteiger partial charge < -0.3 is 16.0 Å². The van der Waals surface area contributed by atoms with E-state index in [-0.39, 0.29) is 17.4 Å². The predicted molar refractivity (Wildman–Crippen MR) is 79.7 cm³/mol. The Labute approximate surface area is 121 Å². The van der Waals surface area contributed by atoms with Crippen molar-refractivity contribution in [2.45, 2.75) is 29.9 Å². The summed E-state index contributed by atoms with van der Waals surface area (Å²) in [6.07, 6.45) is 1.76. The second-order valence-corrected chi connectivity index (χ2v) is 5.34. The molecule has 0 saturated heterocycles. The molecule has 0 aliphatic heterocycles. The summed E-state index contributed by atoms with van der Waals surface area (Å²) in [6, 6.07) is 5.37. The largest absolute Gasteiger partial charge is 0.383 e. The molecule has 0 aromatic carbocycles. The Morgan fingerprint density at radius 3 is 2.90 bits per heavy atom. The molecular weight excluding hydrogens is 274 g/mol. The van der Waals surface area contributed by atoms with Crippen molar-refractivity contribution in [3.05, 3.63) is 40.4 Å². The fraction of sp³-hybridized carbons (Fsp3) is 0.308. The molecule has 1 atom stereocenters. The van der Waals surface area contributed by atoms with Gasteiger partial charge in [0, 0.05) is 23.2 Å². The first-order valence-electron chi connectivity index (χ1n) is 6.32. The highest BCUT2D eigenvalue weighted by Gasteiger charge is 2.06. The normalized spacial score (nSPS) is 12.3. The minimum absolute atomic E-state index is 0.210. The van der Waals surface area contributed by atoms with E-state index in [9.17, 15) is 4.79 Å². The van der Waals surface area contributed by atoms with Crippen LogP contribution in [-0.2, 0) is 0 Å². The molecule has 2 aromatic rings. The number of rotatable bonds is 5. The zero-order valence-electron chi connectivity index (χ0n) is 11.4. The van der Waals surface area contributed by atoms with Crippen molar-refractivity contribution in [2.24, 2.45) is 0 Å². The fourth-order valence-corrected chi connectivity index (χ4v) is 2.50. The summed E-state index contributed by atoms with van der Waals surface area (Å²) in [5.74, 6) is 0.210. The second kappa shape index (κ2) is 6.53. The summed E-state index contributed by atoms with van der Waals surface area (Å²) in [5.41, 5.74) is 6.26. The Kier molecular flexibility index (Phi) is 4.75. The van der Waals surface area contributed by atoms with E-state index < -0.39 is 0 Å². The number of hydrogen-bond donors (Lipinski definition) is 3. The summed E-state index contributed by atoms with van der Waals surface area (Å²) in [7, 11) is 0. The minimum atomic E-state index is -0.259. The molecule has 6 nitrogen and oxygen atoms in total. The summed E-state index contributed by atoms with van der Waals surface area (Å²) in [4.78, 5) is 23.3. The summed E-state index contributed by atoms with van der Waals surface area (Å²) >= 11 is 1.32. The zero-order valence-corrected chi connectivity index (χ0v) is 12.2. The van der Waals surface area contributed by atoms with Gasteiger partial charge in [-0.25, -0.2) is 4.98 Å². The summed E-state index contributed by atoms with van der Waals surface area (Å²) in [6.45, 7) is 5.02. The molecule has 7 heteroatoms. The molecule has 0 aliphatic carbocycles. The van der Waals surface area contributed by atoms with E-state index in [0.29, 0.717) is 5.16 Å². The van der Waals surface area contributed by atoms with Crippen LogP contribution in [0.4, 0.5) is 5.82 Å². The molecule has 0 radical (unpaired) electrons. The Hall–Kier alpha value is -1.86. The quantitative estimate of drug-likeness (QED) is 0.724. The standard InChI is InChI=1S/C13H17N5OS/c1-3-15-8(2)10-5-4-9(7-16-10)20-13-17-11(14)6-12(19)18-13/h4-8,15H,3H2,1-2H3,(H3,14,17,18,19). The molecular formula is C13H17N5OS. The third-order valence-corrected chi connectivity index (χ3v) is 3.53. The van der Waals surface area contributed by atoms with Crippen molar-refractivity contribution in [1.29, 1.82) is 0 Å². The second-order valence-electron chi connectivity index (χ2n) is 4.28. The van der Waals surface area contributed by atoms with Gasteiger partial charge in [-0.2, -0.15) is 0 Å². The lowest BCUT2D eigenvalue weighted by Gasteiger charge is -2.11. The van der Waals surface area contributed by atoms with Gasteiger partial charge >= 0.3 is 0 Å². The van der Waals surface area contributed by atoms with Crippen LogP contribution in [0, 0.1) is 0 Å². The maximum atomic E-state index is 11.3. The molecule has 0 amide bonds. The average molecular weight is 291 g/mol. The Bertz CT molecular complexity index is 625. The minimum Gasteiger partial charge on any atom is -0.383 e. The maximum absolute atomic E-state index is 11.3. The molecule has 2 rings (SSSR count). The van der Waals surface area contributed by atoms with Gasteiger partial charge in [0.15, 0.2) is 5.16 Å². The number of nitrogens with two attached hydrogens (primary N) is 1. The van der Waals surface area contributed by atoms with Gasteiger partial charge in [-0.3, -0.25) is 9.78 Å².